The van der Waals surface area contributed by atoms with Gasteiger partial charge in [-0.3, -0.25) is 9.78 Å². The molecule has 1 aromatic carbocycles. The molecule has 0 spiro atoms. The molecule has 1 saturated heterocycles. The maximum absolute atomic E-state index is 13.0. The van der Waals surface area contributed by atoms with Crippen molar-refractivity contribution in [3.05, 3.63) is 60.3 Å². The van der Waals surface area contributed by atoms with E-state index in [9.17, 15) is 4.79 Å². The highest BCUT2D eigenvalue weighted by Crippen LogP contribution is 2.23. The summed E-state index contributed by atoms with van der Waals surface area (Å²) in [5.74, 6) is -0.0486. The van der Waals surface area contributed by atoms with Gasteiger partial charge in [-0.15, -0.1) is 0 Å². The Labute approximate surface area is 172 Å². The molecule has 1 aliphatic rings. The fourth-order valence-electron chi connectivity index (χ4n) is 4.08. The summed E-state index contributed by atoms with van der Waals surface area (Å²) < 4.78 is 0. The number of nitrogens with one attached hydrogen (secondary N) is 1. The van der Waals surface area contributed by atoms with Gasteiger partial charge in [0, 0.05) is 30.7 Å². The topological polar surface area (TPSA) is 58.1 Å². The highest BCUT2D eigenvalue weighted by Gasteiger charge is 2.18. The zero-order valence-corrected chi connectivity index (χ0v) is 17.0. The molecule has 0 bridgehead atoms. The summed E-state index contributed by atoms with van der Waals surface area (Å²) in [4.78, 5) is 24.6. The van der Waals surface area contributed by atoms with Crippen LogP contribution in [-0.4, -0.2) is 46.5 Å². The van der Waals surface area contributed by atoms with Crippen molar-refractivity contribution >= 4 is 16.8 Å². The molecule has 0 radical (unpaired) electrons. The van der Waals surface area contributed by atoms with E-state index in [-0.39, 0.29) is 5.91 Å². The fraction of sp³-hybridized carbons (Fsp3) is 0.375. The first-order chi connectivity index (χ1) is 14.2. The number of piperidine rings is 1. The van der Waals surface area contributed by atoms with Crippen LogP contribution in [0.3, 0.4) is 0 Å². The Bertz CT molecular complexity index is 973. The van der Waals surface area contributed by atoms with Crippen LogP contribution in [0.5, 0.6) is 0 Å². The van der Waals surface area contributed by atoms with Gasteiger partial charge in [-0.25, -0.2) is 4.98 Å². The average Bonchev–Trinajstić information content (AvgIpc) is 2.77. The molecule has 1 atom stereocenters. The molecule has 5 nitrogen and oxygen atoms in total. The van der Waals surface area contributed by atoms with Crippen LogP contribution < -0.4 is 5.32 Å². The van der Waals surface area contributed by atoms with Gasteiger partial charge < -0.3 is 10.2 Å². The molecule has 2 aromatic heterocycles. The lowest BCUT2D eigenvalue weighted by Gasteiger charge is -2.33. The highest BCUT2D eigenvalue weighted by atomic mass is 16.1. The standard InChI is InChI=1S/C24H28N4O/c1-18-9-5-7-15-28(18)16-8-14-26-24(29)20-17-23(22-12-4-6-13-25-22)27-21-11-3-2-10-19(20)21/h2-4,6,10-13,17-18H,5,7-9,14-16H2,1H3,(H,26,29). The maximum atomic E-state index is 13.0. The van der Waals surface area contributed by atoms with Crippen LogP contribution >= 0.6 is 0 Å². The van der Waals surface area contributed by atoms with E-state index in [1.807, 2.05) is 48.5 Å². The zero-order chi connectivity index (χ0) is 20.1. The Morgan fingerprint density at radius 3 is 2.83 bits per heavy atom. The number of fused-ring (bicyclic) bond motifs is 1. The van der Waals surface area contributed by atoms with Crippen molar-refractivity contribution in [2.45, 2.75) is 38.6 Å². The fourth-order valence-corrected chi connectivity index (χ4v) is 4.08. The normalized spacial score (nSPS) is 17.3. The molecule has 150 valence electrons. The maximum Gasteiger partial charge on any atom is 0.252 e. The number of rotatable bonds is 6. The summed E-state index contributed by atoms with van der Waals surface area (Å²) >= 11 is 0. The second-order valence-corrected chi connectivity index (χ2v) is 7.78. The molecule has 1 aliphatic heterocycles. The molecule has 3 heterocycles. The quantitative estimate of drug-likeness (QED) is 0.640. The number of likely N-dealkylation sites (tertiary alicyclic amines) is 1. The number of carbonyl (C=O) groups is 1. The summed E-state index contributed by atoms with van der Waals surface area (Å²) in [5, 5.41) is 3.98. The van der Waals surface area contributed by atoms with Gasteiger partial charge in [0.15, 0.2) is 0 Å². The Balaban J connectivity index is 1.48. The van der Waals surface area contributed by atoms with Gasteiger partial charge in [0.2, 0.25) is 0 Å². The van der Waals surface area contributed by atoms with E-state index < -0.39 is 0 Å². The van der Waals surface area contributed by atoms with Crippen LogP contribution in [-0.2, 0) is 0 Å². The molecule has 1 amide bonds. The van der Waals surface area contributed by atoms with Gasteiger partial charge in [0.25, 0.3) is 5.91 Å². The van der Waals surface area contributed by atoms with E-state index in [1.165, 1.54) is 25.8 Å². The summed E-state index contributed by atoms with van der Waals surface area (Å²) in [5.41, 5.74) is 2.95. The van der Waals surface area contributed by atoms with Crippen molar-refractivity contribution in [1.29, 1.82) is 0 Å². The smallest absolute Gasteiger partial charge is 0.252 e. The van der Waals surface area contributed by atoms with E-state index in [0.717, 1.165) is 35.3 Å². The first-order valence-corrected chi connectivity index (χ1v) is 10.6. The molecule has 1 N–H and O–H groups in total. The molecule has 4 rings (SSSR count). The largest absolute Gasteiger partial charge is 0.352 e. The third kappa shape index (κ3) is 4.62. The Kier molecular flexibility index (Phi) is 6.15. The van der Waals surface area contributed by atoms with Gasteiger partial charge in [0.1, 0.15) is 0 Å². The molecule has 3 aromatic rings. The number of hydrogen-bond donors (Lipinski definition) is 1. The molecule has 29 heavy (non-hydrogen) atoms. The van der Waals surface area contributed by atoms with Crippen molar-refractivity contribution in [3.63, 3.8) is 0 Å². The van der Waals surface area contributed by atoms with Gasteiger partial charge in [-0.1, -0.05) is 30.7 Å². The molecule has 0 aliphatic carbocycles. The van der Waals surface area contributed by atoms with Crippen molar-refractivity contribution in [1.82, 2.24) is 20.2 Å². The van der Waals surface area contributed by atoms with Crippen molar-refractivity contribution in [2.75, 3.05) is 19.6 Å². The summed E-state index contributed by atoms with van der Waals surface area (Å²) in [7, 11) is 0. The third-order valence-electron chi connectivity index (χ3n) is 5.74. The second kappa shape index (κ2) is 9.14. The first kappa shape index (κ1) is 19.5. The van der Waals surface area contributed by atoms with E-state index in [2.05, 4.69) is 22.1 Å². The molecule has 5 heteroatoms. The van der Waals surface area contributed by atoms with Crippen molar-refractivity contribution in [2.24, 2.45) is 0 Å². The van der Waals surface area contributed by atoms with E-state index in [1.54, 1.807) is 6.20 Å². The highest BCUT2D eigenvalue weighted by molar-refractivity contribution is 6.07. The SMILES string of the molecule is CC1CCCCN1CCCNC(=O)c1cc(-c2ccccn2)nc2ccccc12. The van der Waals surface area contributed by atoms with Gasteiger partial charge in [-0.2, -0.15) is 0 Å². The number of amides is 1. The lowest BCUT2D eigenvalue weighted by Crippen LogP contribution is -2.39. The Morgan fingerprint density at radius 1 is 1.14 bits per heavy atom. The van der Waals surface area contributed by atoms with Gasteiger partial charge in [-0.05, 0) is 57.0 Å². The van der Waals surface area contributed by atoms with E-state index >= 15 is 0 Å². The number of carbonyl (C=O) groups excluding carboxylic acids is 1. The minimum absolute atomic E-state index is 0.0486. The summed E-state index contributed by atoms with van der Waals surface area (Å²) in [6, 6.07) is 16.0. The van der Waals surface area contributed by atoms with Crippen molar-refractivity contribution < 1.29 is 4.79 Å². The van der Waals surface area contributed by atoms with Crippen LogP contribution in [0.4, 0.5) is 0 Å². The number of nitrogens with zero attached hydrogens (tertiary/aromatic N) is 3. The predicted octanol–water partition coefficient (Wildman–Crippen LogP) is 4.29. The van der Waals surface area contributed by atoms with E-state index in [0.29, 0.717) is 18.2 Å². The molecule has 0 saturated carbocycles. The minimum atomic E-state index is -0.0486. The summed E-state index contributed by atoms with van der Waals surface area (Å²) in [6.45, 7) is 5.20. The number of hydrogen-bond acceptors (Lipinski definition) is 4. The minimum Gasteiger partial charge on any atom is -0.352 e. The number of para-hydroxylation sites is 1. The van der Waals surface area contributed by atoms with Crippen LogP contribution in [0.15, 0.2) is 54.7 Å². The van der Waals surface area contributed by atoms with Crippen LogP contribution in [0.25, 0.3) is 22.3 Å². The van der Waals surface area contributed by atoms with Crippen LogP contribution in [0, 0.1) is 0 Å². The Hall–Kier alpha value is -2.79. The molecule has 1 unspecified atom stereocenters. The van der Waals surface area contributed by atoms with Gasteiger partial charge >= 0.3 is 0 Å². The molecular formula is C24H28N4O. The predicted molar refractivity (Wildman–Crippen MR) is 117 cm³/mol. The van der Waals surface area contributed by atoms with E-state index in [4.69, 9.17) is 4.98 Å². The monoisotopic (exact) mass is 388 g/mol. The van der Waals surface area contributed by atoms with Crippen LogP contribution in [0.2, 0.25) is 0 Å². The molecule has 1 fully saturated rings. The number of pyridine rings is 2. The second-order valence-electron chi connectivity index (χ2n) is 7.78. The number of benzene rings is 1. The zero-order valence-electron chi connectivity index (χ0n) is 17.0. The first-order valence-electron chi connectivity index (χ1n) is 10.6. The summed E-state index contributed by atoms with van der Waals surface area (Å²) in [6.07, 6.45) is 6.61. The Morgan fingerprint density at radius 2 is 2.00 bits per heavy atom. The van der Waals surface area contributed by atoms with Crippen LogP contribution in [0.1, 0.15) is 43.0 Å². The average molecular weight is 389 g/mol. The lowest BCUT2D eigenvalue weighted by molar-refractivity contribution is 0.0950. The molecular weight excluding hydrogens is 360 g/mol. The van der Waals surface area contributed by atoms with Gasteiger partial charge in [0.05, 0.1) is 22.5 Å². The number of aromatic nitrogens is 2. The lowest BCUT2D eigenvalue weighted by atomic mass is 10.0. The van der Waals surface area contributed by atoms with Crippen molar-refractivity contribution in [3.8, 4) is 11.4 Å². The third-order valence-corrected chi connectivity index (χ3v) is 5.74.